The van der Waals surface area contributed by atoms with Crippen molar-refractivity contribution in [1.82, 2.24) is 7.96 Å². The first kappa shape index (κ1) is 49.1. The number of benzene rings is 3. The summed E-state index contributed by atoms with van der Waals surface area (Å²) in [6.45, 7) is 19.1. The summed E-state index contributed by atoms with van der Waals surface area (Å²) in [5, 5.41) is 10.9. The number of hydrogen-bond donors (Lipinski definition) is 0. The standard InChI is InChI=1S/C58H76N2S4Se/c1-9-17-21-37(13-5)31-45-41-27-29-61-55(41)47(33-39(15-7)23-19-11-3)49-35-51(63-57(45)49)43-25-26-44(54-53(43)59-65-60-54)52-36-50-48(34-40(16-8)24-20-12-4)56-42(28-30-62-56)46(58(50)64-52)32-38(14-6)22-18-10-2/h25-30,35-40H,9-24,31-34H2,1-8H3. The van der Waals surface area contributed by atoms with Gasteiger partial charge in [-0.15, -0.1) is 0 Å². The zero-order chi connectivity index (χ0) is 45.5. The van der Waals surface area contributed by atoms with Crippen molar-refractivity contribution in [1.29, 1.82) is 0 Å². The first-order valence-corrected chi connectivity index (χ1v) is 31.0. The van der Waals surface area contributed by atoms with Gasteiger partial charge in [0.1, 0.15) is 0 Å². The van der Waals surface area contributed by atoms with Gasteiger partial charge in [-0.1, -0.05) is 27.7 Å². The maximum atomic E-state index is 5.31. The molecule has 0 radical (unpaired) electrons. The Morgan fingerprint density at radius 2 is 0.769 bits per heavy atom. The molecule has 0 saturated heterocycles. The molecule has 8 aromatic rings. The van der Waals surface area contributed by atoms with E-state index < -0.39 is 0 Å². The van der Waals surface area contributed by atoms with Crippen LogP contribution in [-0.4, -0.2) is 22.9 Å². The van der Waals surface area contributed by atoms with Crippen LogP contribution < -0.4 is 0 Å². The van der Waals surface area contributed by atoms with E-state index in [0.717, 1.165) is 34.7 Å². The number of aromatic nitrogens is 2. The van der Waals surface area contributed by atoms with Crippen LogP contribution in [0.15, 0.2) is 47.2 Å². The second kappa shape index (κ2) is 23.3. The summed E-state index contributed by atoms with van der Waals surface area (Å²) < 4.78 is 16.8. The molecule has 0 saturated carbocycles. The van der Waals surface area contributed by atoms with Gasteiger partial charge in [0.2, 0.25) is 0 Å². The molecule has 7 heteroatoms. The van der Waals surface area contributed by atoms with Crippen LogP contribution in [0.25, 0.3) is 72.3 Å². The van der Waals surface area contributed by atoms with E-state index in [1.54, 1.807) is 31.7 Å². The fraction of sp³-hybridized carbons (Fsp3) is 0.552. The number of hydrogen-bond acceptors (Lipinski definition) is 6. The molecule has 348 valence electrons. The monoisotopic (exact) mass is 1010 g/mol. The Hall–Kier alpha value is -2.38. The number of unbranched alkanes of at least 4 members (excludes halogenated alkanes) is 4. The summed E-state index contributed by atoms with van der Waals surface area (Å²) in [6, 6.07) is 15.0. The van der Waals surface area contributed by atoms with Gasteiger partial charge < -0.3 is 0 Å². The Bertz CT molecular complexity index is 2450. The first-order valence-electron chi connectivity index (χ1n) is 26.0. The van der Waals surface area contributed by atoms with Crippen molar-refractivity contribution in [2.45, 2.75) is 184 Å². The molecule has 4 atom stereocenters. The normalized spacial score (nSPS) is 14.2. The summed E-state index contributed by atoms with van der Waals surface area (Å²) in [4.78, 5) is 2.75. The van der Waals surface area contributed by atoms with E-state index >= 15 is 0 Å². The van der Waals surface area contributed by atoms with Crippen LogP contribution in [0, 0.1) is 23.7 Å². The molecule has 8 rings (SSSR count). The van der Waals surface area contributed by atoms with Crippen molar-refractivity contribution in [2.24, 2.45) is 23.7 Å². The van der Waals surface area contributed by atoms with Crippen LogP contribution >= 0.6 is 45.3 Å². The van der Waals surface area contributed by atoms with Gasteiger partial charge in [-0.25, -0.2) is 0 Å². The van der Waals surface area contributed by atoms with E-state index in [2.05, 4.69) is 125 Å². The fourth-order valence-electron chi connectivity index (χ4n) is 11.0. The van der Waals surface area contributed by atoms with Crippen LogP contribution in [0.4, 0.5) is 0 Å². The summed E-state index contributed by atoms with van der Waals surface area (Å²) in [5.41, 5.74) is 11.3. The van der Waals surface area contributed by atoms with Gasteiger partial charge in [-0.3, -0.25) is 0 Å². The molecule has 2 nitrogen and oxygen atoms in total. The number of nitrogens with zero attached hydrogens (tertiary/aromatic N) is 2. The number of fused-ring (bicyclic) bond motifs is 5. The minimum absolute atomic E-state index is 0.138. The molecule has 0 aliphatic carbocycles. The third kappa shape index (κ3) is 10.5. The third-order valence-corrected chi connectivity index (χ3v) is 20.8. The van der Waals surface area contributed by atoms with Crippen LogP contribution in [0.1, 0.15) is 180 Å². The second-order valence-electron chi connectivity index (χ2n) is 19.6. The molecule has 0 spiro atoms. The first-order chi connectivity index (χ1) is 31.9. The average molecular weight is 1010 g/mol. The average Bonchev–Trinajstić information content (AvgIpc) is 4.20. The van der Waals surface area contributed by atoms with Gasteiger partial charge in [0.15, 0.2) is 0 Å². The van der Waals surface area contributed by atoms with Crippen LogP contribution in [0.5, 0.6) is 0 Å². The van der Waals surface area contributed by atoms with E-state index in [1.165, 1.54) is 180 Å². The van der Waals surface area contributed by atoms with Crippen molar-refractivity contribution in [3.05, 3.63) is 69.4 Å². The molecule has 0 aliphatic rings. The van der Waals surface area contributed by atoms with E-state index in [-0.39, 0.29) is 15.0 Å². The minimum atomic E-state index is -0.138. The second-order valence-corrected chi connectivity index (χ2v) is 24.6. The molecule has 0 aliphatic heterocycles. The van der Waals surface area contributed by atoms with E-state index in [0.29, 0.717) is 0 Å². The Balaban J connectivity index is 1.27. The Kier molecular flexibility index (Phi) is 17.6. The van der Waals surface area contributed by atoms with Gasteiger partial charge in [-0.2, -0.15) is 0 Å². The molecule has 4 unspecified atom stereocenters. The fourth-order valence-corrected chi connectivity index (χ4v) is 16.7. The van der Waals surface area contributed by atoms with Crippen molar-refractivity contribution in [2.75, 3.05) is 0 Å². The van der Waals surface area contributed by atoms with Crippen LogP contribution in [-0.2, 0) is 25.7 Å². The van der Waals surface area contributed by atoms with Gasteiger partial charge in [0, 0.05) is 0 Å². The van der Waals surface area contributed by atoms with Crippen molar-refractivity contribution >= 4 is 112 Å². The van der Waals surface area contributed by atoms with Crippen LogP contribution in [0.3, 0.4) is 0 Å². The van der Waals surface area contributed by atoms with E-state index in [1.807, 2.05) is 22.7 Å². The van der Waals surface area contributed by atoms with Crippen molar-refractivity contribution in [3.8, 4) is 20.9 Å². The van der Waals surface area contributed by atoms with Crippen molar-refractivity contribution < 1.29 is 0 Å². The van der Waals surface area contributed by atoms with Gasteiger partial charge in [0.05, 0.1) is 0 Å². The predicted octanol–water partition coefficient (Wildman–Crippen LogP) is 19.9. The quantitative estimate of drug-likeness (QED) is 0.0505. The third-order valence-electron chi connectivity index (χ3n) is 15.3. The summed E-state index contributed by atoms with van der Waals surface area (Å²) >= 11 is 7.96. The summed E-state index contributed by atoms with van der Waals surface area (Å²) in [6.07, 6.45) is 25.3. The molecule has 0 N–H and O–H groups in total. The number of thiophene rings is 4. The molecule has 0 fully saturated rings. The van der Waals surface area contributed by atoms with Gasteiger partial charge in [0.25, 0.3) is 0 Å². The Morgan fingerprint density at radius 3 is 1.09 bits per heavy atom. The zero-order valence-electron chi connectivity index (χ0n) is 41.0. The Labute approximate surface area is 414 Å². The maximum absolute atomic E-state index is 5.31. The molecule has 0 bridgehead atoms. The molecule has 65 heavy (non-hydrogen) atoms. The molecule has 5 aromatic heterocycles. The van der Waals surface area contributed by atoms with Gasteiger partial charge >= 0.3 is 390 Å². The molecule has 3 aromatic carbocycles. The summed E-state index contributed by atoms with van der Waals surface area (Å²) in [5.74, 6) is 2.88. The van der Waals surface area contributed by atoms with Crippen LogP contribution in [0.2, 0.25) is 0 Å². The topological polar surface area (TPSA) is 25.8 Å². The molecular formula is C58H76N2S4Se. The van der Waals surface area contributed by atoms with E-state index in [9.17, 15) is 0 Å². The molecule has 5 heterocycles. The van der Waals surface area contributed by atoms with Gasteiger partial charge in [-0.05, 0) is 0 Å². The molecular weight excluding hydrogens is 932 g/mol. The molecule has 0 amide bonds. The zero-order valence-corrected chi connectivity index (χ0v) is 46.0. The Morgan fingerprint density at radius 1 is 0.431 bits per heavy atom. The summed E-state index contributed by atoms with van der Waals surface area (Å²) in [7, 11) is 0. The van der Waals surface area contributed by atoms with Crippen molar-refractivity contribution in [3.63, 3.8) is 0 Å². The SMILES string of the molecule is CCCCC(CC)Cc1c2cc(-c3ccc(-c4cc5c(CC(CC)CCCC)c6sccc6c(CC(CC)CCCC)c5s4)c4n[se]nc34)sc2c(CC(CC)CCCC)c2ccsc12. The predicted molar refractivity (Wildman–Crippen MR) is 297 cm³/mol. The van der Waals surface area contributed by atoms with E-state index in [4.69, 9.17) is 7.96 Å². The number of rotatable bonds is 26.